The van der Waals surface area contributed by atoms with Crippen LogP contribution in [0, 0.1) is 6.92 Å². The van der Waals surface area contributed by atoms with E-state index in [1.54, 1.807) is 12.1 Å². The van der Waals surface area contributed by atoms with Gasteiger partial charge in [-0.1, -0.05) is 34.8 Å². The zero-order valence-electron chi connectivity index (χ0n) is 9.84. The minimum atomic E-state index is 0.237. The van der Waals surface area contributed by atoms with Crippen molar-refractivity contribution in [3.63, 3.8) is 0 Å². The molecule has 2 rings (SSSR count). The molecule has 0 radical (unpaired) electrons. The highest BCUT2D eigenvalue weighted by Gasteiger charge is 2.09. The number of nitrogens with one attached hydrogen (secondary N) is 2. The van der Waals surface area contributed by atoms with Crippen molar-refractivity contribution in [2.75, 3.05) is 10.7 Å². The molecule has 1 aromatic heterocycles. The summed E-state index contributed by atoms with van der Waals surface area (Å²) in [5, 5.41) is 4.43. The van der Waals surface area contributed by atoms with Crippen molar-refractivity contribution in [2.45, 2.75) is 6.92 Å². The van der Waals surface area contributed by atoms with Crippen molar-refractivity contribution in [3.8, 4) is 0 Å². The van der Waals surface area contributed by atoms with Gasteiger partial charge in [-0.05, 0) is 24.6 Å². The molecule has 1 aromatic carbocycles. The van der Waals surface area contributed by atoms with E-state index in [9.17, 15) is 0 Å². The zero-order valence-corrected chi connectivity index (χ0v) is 12.1. The summed E-state index contributed by atoms with van der Waals surface area (Å²) in [6.07, 6.45) is 1.43. The summed E-state index contributed by atoms with van der Waals surface area (Å²) in [6.45, 7) is 1.87. The Hall–Kier alpha value is -1.27. The van der Waals surface area contributed by atoms with Gasteiger partial charge in [0.05, 0.1) is 16.9 Å². The normalized spacial score (nSPS) is 10.4. The van der Waals surface area contributed by atoms with E-state index >= 15 is 0 Å². The van der Waals surface area contributed by atoms with Crippen LogP contribution in [0.4, 0.5) is 17.5 Å². The monoisotopic (exact) mass is 317 g/mol. The summed E-state index contributed by atoms with van der Waals surface area (Å²) in [5.74, 6) is 5.86. The first kappa shape index (κ1) is 14.1. The van der Waals surface area contributed by atoms with E-state index in [-0.39, 0.29) is 5.95 Å². The van der Waals surface area contributed by atoms with Crippen molar-refractivity contribution in [3.05, 3.63) is 39.0 Å². The Labute approximate surface area is 125 Å². The van der Waals surface area contributed by atoms with E-state index in [2.05, 4.69) is 20.7 Å². The Bertz CT molecular complexity index is 618. The maximum Gasteiger partial charge on any atom is 0.239 e. The number of nitrogen functional groups attached to an aromatic ring is 1. The third-order valence-electron chi connectivity index (χ3n) is 2.37. The summed E-state index contributed by atoms with van der Waals surface area (Å²) in [5.41, 5.74) is 3.82. The number of aryl methyl sites for hydroxylation is 1. The zero-order chi connectivity index (χ0) is 14.0. The molecule has 0 atom stereocenters. The van der Waals surface area contributed by atoms with E-state index in [1.165, 1.54) is 6.20 Å². The SMILES string of the molecule is Cc1cc(Cl)c(Nc2nc(NN)ncc2Cl)cc1Cl. The van der Waals surface area contributed by atoms with Gasteiger partial charge in [0.2, 0.25) is 5.95 Å². The number of anilines is 3. The second kappa shape index (κ2) is 5.79. The van der Waals surface area contributed by atoms with Crippen LogP contribution in [0.15, 0.2) is 18.3 Å². The van der Waals surface area contributed by atoms with Gasteiger partial charge in [0.1, 0.15) is 5.02 Å². The Kier molecular flexibility index (Phi) is 4.31. The molecule has 0 amide bonds. The van der Waals surface area contributed by atoms with Gasteiger partial charge in [-0.2, -0.15) is 4.98 Å². The van der Waals surface area contributed by atoms with Gasteiger partial charge in [0.15, 0.2) is 5.82 Å². The number of hydrazine groups is 1. The minimum absolute atomic E-state index is 0.237. The summed E-state index contributed by atoms with van der Waals surface area (Å²) >= 11 is 18.2. The lowest BCUT2D eigenvalue weighted by atomic mass is 10.2. The summed E-state index contributed by atoms with van der Waals surface area (Å²) in [6, 6.07) is 3.45. The molecule has 0 saturated heterocycles. The van der Waals surface area contributed by atoms with Crippen LogP contribution < -0.4 is 16.6 Å². The second-order valence-corrected chi connectivity index (χ2v) is 4.96. The number of aromatic nitrogens is 2. The highest BCUT2D eigenvalue weighted by Crippen LogP contribution is 2.32. The first-order valence-electron chi connectivity index (χ1n) is 5.23. The first-order valence-corrected chi connectivity index (χ1v) is 6.36. The number of halogens is 3. The Morgan fingerprint density at radius 3 is 2.53 bits per heavy atom. The molecule has 2 aromatic rings. The fourth-order valence-electron chi connectivity index (χ4n) is 1.39. The molecule has 0 bridgehead atoms. The predicted molar refractivity (Wildman–Crippen MR) is 79.3 cm³/mol. The van der Waals surface area contributed by atoms with E-state index in [0.29, 0.717) is 26.6 Å². The Balaban J connectivity index is 2.38. The number of nitrogens with two attached hydrogens (primary N) is 1. The van der Waals surface area contributed by atoms with Crippen LogP contribution in [-0.2, 0) is 0 Å². The molecule has 0 spiro atoms. The lowest BCUT2D eigenvalue weighted by Crippen LogP contribution is -2.11. The Morgan fingerprint density at radius 1 is 1.11 bits per heavy atom. The van der Waals surface area contributed by atoms with Crippen LogP contribution >= 0.6 is 34.8 Å². The molecule has 8 heteroatoms. The van der Waals surface area contributed by atoms with Crippen molar-refractivity contribution in [2.24, 2.45) is 5.84 Å². The topological polar surface area (TPSA) is 75.9 Å². The van der Waals surface area contributed by atoms with Crippen molar-refractivity contribution in [1.29, 1.82) is 0 Å². The first-order chi connectivity index (χ1) is 9.01. The molecule has 0 unspecified atom stereocenters. The van der Waals surface area contributed by atoms with E-state index in [4.69, 9.17) is 40.6 Å². The maximum atomic E-state index is 6.13. The molecule has 4 N–H and O–H groups in total. The fourth-order valence-corrected chi connectivity index (χ4v) is 1.96. The second-order valence-electron chi connectivity index (χ2n) is 3.74. The van der Waals surface area contributed by atoms with Gasteiger partial charge in [0.25, 0.3) is 0 Å². The van der Waals surface area contributed by atoms with Crippen LogP contribution in [0.5, 0.6) is 0 Å². The summed E-state index contributed by atoms with van der Waals surface area (Å²) < 4.78 is 0. The molecule has 1 heterocycles. The van der Waals surface area contributed by atoms with Crippen LogP contribution in [0.1, 0.15) is 5.56 Å². The van der Waals surface area contributed by atoms with Crippen LogP contribution in [-0.4, -0.2) is 9.97 Å². The van der Waals surface area contributed by atoms with Gasteiger partial charge in [-0.25, -0.2) is 10.8 Å². The molecule has 0 aliphatic carbocycles. The number of hydrogen-bond donors (Lipinski definition) is 3. The lowest BCUT2D eigenvalue weighted by Gasteiger charge is -2.11. The van der Waals surface area contributed by atoms with Gasteiger partial charge >= 0.3 is 0 Å². The summed E-state index contributed by atoms with van der Waals surface area (Å²) in [7, 11) is 0. The van der Waals surface area contributed by atoms with Crippen molar-refractivity contribution >= 4 is 52.3 Å². The van der Waals surface area contributed by atoms with Crippen molar-refractivity contribution in [1.82, 2.24) is 9.97 Å². The van der Waals surface area contributed by atoms with E-state index < -0.39 is 0 Å². The largest absolute Gasteiger partial charge is 0.338 e. The molecule has 19 heavy (non-hydrogen) atoms. The van der Waals surface area contributed by atoms with Crippen LogP contribution in [0.2, 0.25) is 15.1 Å². The molecule has 0 saturated carbocycles. The maximum absolute atomic E-state index is 6.13. The average molecular weight is 319 g/mol. The molecule has 100 valence electrons. The molecule has 0 fully saturated rings. The number of nitrogens with zero attached hydrogens (tertiary/aromatic N) is 2. The molecule has 0 aliphatic rings. The average Bonchev–Trinajstić information content (AvgIpc) is 2.38. The number of rotatable bonds is 3. The number of benzene rings is 1. The lowest BCUT2D eigenvalue weighted by molar-refractivity contribution is 1.12. The molecule has 0 aliphatic heterocycles. The number of hydrogen-bond acceptors (Lipinski definition) is 5. The molecule has 5 nitrogen and oxygen atoms in total. The van der Waals surface area contributed by atoms with Gasteiger partial charge in [-0.15, -0.1) is 0 Å². The molecular formula is C11H10Cl3N5. The predicted octanol–water partition coefficient (Wildman–Crippen LogP) is 3.77. The highest BCUT2D eigenvalue weighted by atomic mass is 35.5. The van der Waals surface area contributed by atoms with Gasteiger partial charge < -0.3 is 5.32 Å². The fraction of sp³-hybridized carbons (Fsp3) is 0.0909. The Morgan fingerprint density at radius 2 is 1.84 bits per heavy atom. The van der Waals surface area contributed by atoms with Gasteiger partial charge in [0, 0.05) is 5.02 Å². The van der Waals surface area contributed by atoms with E-state index in [0.717, 1.165) is 5.56 Å². The summed E-state index contributed by atoms with van der Waals surface area (Å²) in [4.78, 5) is 7.96. The minimum Gasteiger partial charge on any atom is -0.338 e. The van der Waals surface area contributed by atoms with Crippen molar-refractivity contribution < 1.29 is 0 Å². The van der Waals surface area contributed by atoms with E-state index in [1.807, 2.05) is 6.92 Å². The van der Waals surface area contributed by atoms with Crippen LogP contribution in [0.25, 0.3) is 0 Å². The van der Waals surface area contributed by atoms with Gasteiger partial charge in [-0.3, -0.25) is 5.43 Å². The quantitative estimate of drug-likeness (QED) is 0.593. The smallest absolute Gasteiger partial charge is 0.239 e. The third-order valence-corrected chi connectivity index (χ3v) is 3.37. The highest BCUT2D eigenvalue weighted by molar-refractivity contribution is 6.36. The standard InChI is InChI=1S/C11H10Cl3N5/c1-5-2-7(13)9(3-6(5)12)17-10-8(14)4-16-11(18-10)19-15/h2-4H,15H2,1H3,(H2,16,17,18,19). The van der Waals surface area contributed by atoms with Crippen LogP contribution in [0.3, 0.4) is 0 Å². The third kappa shape index (κ3) is 3.19. The molecular weight excluding hydrogens is 309 g/mol.